The third kappa shape index (κ3) is 7.46. The molecule has 0 aromatic heterocycles. The Morgan fingerprint density at radius 2 is 1.81 bits per heavy atom. The van der Waals surface area contributed by atoms with Crippen molar-refractivity contribution in [3.05, 3.63) is 0 Å². The molecule has 1 saturated carbocycles. The summed E-state index contributed by atoms with van der Waals surface area (Å²) >= 11 is 0. The van der Waals surface area contributed by atoms with E-state index in [1.54, 1.807) is 0 Å². The van der Waals surface area contributed by atoms with Crippen LogP contribution in [0.15, 0.2) is 0 Å². The topological polar surface area (TPSA) is 142 Å². The molecule has 0 bridgehead atoms. The van der Waals surface area contributed by atoms with E-state index >= 15 is 0 Å². The average molecular weight is 376 g/mol. The van der Waals surface area contributed by atoms with Gasteiger partial charge in [0.25, 0.3) is 0 Å². The third-order valence-corrected chi connectivity index (χ3v) is 5.04. The van der Waals surface area contributed by atoms with Crippen LogP contribution in [0, 0.1) is 0 Å². The molecule has 1 aliphatic carbocycles. The van der Waals surface area contributed by atoms with Crippen molar-refractivity contribution in [1.29, 1.82) is 0 Å². The van der Waals surface area contributed by atoms with E-state index in [0.29, 0.717) is 38.5 Å². The molecule has 1 rings (SSSR count). The highest BCUT2D eigenvalue weighted by molar-refractivity contribution is 5.76. The lowest BCUT2D eigenvalue weighted by molar-refractivity contribution is -0.123. The first-order valence-electron chi connectivity index (χ1n) is 9.73. The van der Waals surface area contributed by atoms with E-state index in [9.17, 15) is 30.3 Å². The molecular weight excluding hydrogens is 340 g/mol. The molecule has 7 unspecified atom stereocenters. The fourth-order valence-electron chi connectivity index (χ4n) is 3.25. The van der Waals surface area contributed by atoms with Crippen LogP contribution in [0.25, 0.3) is 0 Å². The fraction of sp³-hybridized carbons (Fsp3) is 0.944. The summed E-state index contributed by atoms with van der Waals surface area (Å²) in [6.07, 6.45) is -1.59. The number of hydrogen-bond donors (Lipinski definition) is 7. The molecular formula is C18H36N2O6. The summed E-state index contributed by atoms with van der Waals surface area (Å²) < 4.78 is 0. The minimum Gasteiger partial charge on any atom is -0.393 e. The molecule has 8 nitrogen and oxygen atoms in total. The molecule has 0 saturated heterocycles. The highest BCUT2D eigenvalue weighted by Crippen LogP contribution is 2.19. The van der Waals surface area contributed by atoms with E-state index in [0.717, 1.165) is 0 Å². The van der Waals surface area contributed by atoms with Gasteiger partial charge in [-0.2, -0.15) is 0 Å². The predicted octanol–water partition coefficient (Wildman–Crippen LogP) is -0.982. The molecule has 0 aromatic rings. The maximum absolute atomic E-state index is 11.9. The molecule has 1 amide bonds. The minimum absolute atomic E-state index is 0.143. The number of amides is 1. The van der Waals surface area contributed by atoms with E-state index in [1.165, 1.54) is 0 Å². The Balaban J connectivity index is 2.69. The largest absolute Gasteiger partial charge is 0.393 e. The SMILES string of the molecule is CCCC(=O)NC(CNC1CCCC(O)C(O)C1O)C(O)CC(O)CC. The van der Waals surface area contributed by atoms with Crippen LogP contribution in [0.5, 0.6) is 0 Å². The van der Waals surface area contributed by atoms with Crippen molar-refractivity contribution in [2.75, 3.05) is 6.54 Å². The second kappa shape index (κ2) is 11.8. The molecule has 7 atom stereocenters. The Kier molecular flexibility index (Phi) is 10.6. The molecule has 0 heterocycles. The van der Waals surface area contributed by atoms with Gasteiger partial charge in [0, 0.05) is 25.4 Å². The maximum atomic E-state index is 11.9. The number of hydrogen-bond acceptors (Lipinski definition) is 7. The van der Waals surface area contributed by atoms with Crippen molar-refractivity contribution < 1.29 is 30.3 Å². The van der Waals surface area contributed by atoms with Crippen LogP contribution in [0.4, 0.5) is 0 Å². The summed E-state index contributed by atoms with van der Waals surface area (Å²) in [5.74, 6) is -0.179. The van der Waals surface area contributed by atoms with Gasteiger partial charge in [0.05, 0.1) is 30.5 Å². The van der Waals surface area contributed by atoms with Crippen molar-refractivity contribution >= 4 is 5.91 Å². The van der Waals surface area contributed by atoms with Crippen LogP contribution in [-0.2, 0) is 4.79 Å². The Bertz CT molecular complexity index is 411. The molecule has 0 aliphatic heterocycles. The summed E-state index contributed by atoms with van der Waals surface area (Å²) in [6.45, 7) is 3.89. The van der Waals surface area contributed by atoms with Gasteiger partial charge in [-0.1, -0.05) is 13.8 Å². The summed E-state index contributed by atoms with van der Waals surface area (Å²) in [5.41, 5.74) is 0. The van der Waals surface area contributed by atoms with Gasteiger partial charge >= 0.3 is 0 Å². The Morgan fingerprint density at radius 3 is 2.42 bits per heavy atom. The van der Waals surface area contributed by atoms with Gasteiger partial charge in [0.15, 0.2) is 0 Å². The molecule has 26 heavy (non-hydrogen) atoms. The second-order valence-electron chi connectivity index (χ2n) is 7.28. The molecule has 154 valence electrons. The Hall–Kier alpha value is -0.770. The standard InChI is InChI=1S/C18H36N2O6/c1-3-6-16(24)20-13(15(23)9-11(21)4-2)10-19-12-7-5-8-14(22)18(26)17(12)25/h11-15,17-19,21-23,25-26H,3-10H2,1-2H3,(H,20,24). The summed E-state index contributed by atoms with van der Waals surface area (Å²) in [7, 11) is 0. The zero-order valence-electron chi connectivity index (χ0n) is 15.8. The second-order valence-corrected chi connectivity index (χ2v) is 7.28. The van der Waals surface area contributed by atoms with Crippen molar-refractivity contribution in [2.45, 2.75) is 101 Å². The Morgan fingerprint density at radius 1 is 1.12 bits per heavy atom. The van der Waals surface area contributed by atoms with Crippen LogP contribution in [0.3, 0.4) is 0 Å². The van der Waals surface area contributed by atoms with Crippen LogP contribution in [0.2, 0.25) is 0 Å². The van der Waals surface area contributed by atoms with Gasteiger partial charge in [-0.15, -0.1) is 0 Å². The highest BCUT2D eigenvalue weighted by atomic mass is 16.4. The number of aliphatic hydroxyl groups is 5. The van der Waals surface area contributed by atoms with Crippen LogP contribution in [-0.4, -0.2) is 80.6 Å². The lowest BCUT2D eigenvalue weighted by Crippen LogP contribution is -2.55. The average Bonchev–Trinajstić information content (AvgIpc) is 2.72. The van der Waals surface area contributed by atoms with Crippen molar-refractivity contribution in [3.63, 3.8) is 0 Å². The molecule has 8 heteroatoms. The molecule has 0 radical (unpaired) electrons. The monoisotopic (exact) mass is 376 g/mol. The van der Waals surface area contributed by atoms with E-state index in [1.807, 2.05) is 13.8 Å². The van der Waals surface area contributed by atoms with Gasteiger partial charge in [0.1, 0.15) is 6.10 Å². The summed E-state index contributed by atoms with van der Waals surface area (Å²) in [5, 5.41) is 56.0. The molecule has 7 N–H and O–H groups in total. The van der Waals surface area contributed by atoms with Crippen molar-refractivity contribution in [3.8, 4) is 0 Å². The van der Waals surface area contributed by atoms with Gasteiger partial charge in [0.2, 0.25) is 5.91 Å². The lowest BCUT2D eigenvalue weighted by atomic mass is 10.00. The number of aliphatic hydroxyl groups excluding tert-OH is 5. The van der Waals surface area contributed by atoms with Gasteiger partial charge in [-0.05, 0) is 32.1 Å². The first kappa shape index (κ1) is 23.3. The molecule has 1 fully saturated rings. The quantitative estimate of drug-likeness (QED) is 0.243. The third-order valence-electron chi connectivity index (χ3n) is 5.04. The summed E-state index contributed by atoms with van der Waals surface area (Å²) in [4.78, 5) is 11.9. The van der Waals surface area contributed by atoms with E-state index in [2.05, 4.69) is 10.6 Å². The maximum Gasteiger partial charge on any atom is 0.220 e. The molecule has 1 aliphatic rings. The van der Waals surface area contributed by atoms with Crippen molar-refractivity contribution in [1.82, 2.24) is 10.6 Å². The summed E-state index contributed by atoms with van der Waals surface area (Å²) in [6, 6.07) is -1.07. The number of carbonyl (C=O) groups excluding carboxylic acids is 1. The smallest absolute Gasteiger partial charge is 0.220 e. The highest BCUT2D eigenvalue weighted by Gasteiger charge is 2.34. The van der Waals surface area contributed by atoms with E-state index in [-0.39, 0.29) is 18.9 Å². The van der Waals surface area contributed by atoms with Gasteiger partial charge in [-0.3, -0.25) is 4.79 Å². The first-order chi connectivity index (χ1) is 12.3. The van der Waals surface area contributed by atoms with Crippen LogP contribution >= 0.6 is 0 Å². The molecule has 0 spiro atoms. The zero-order chi connectivity index (χ0) is 19.7. The fourth-order valence-corrected chi connectivity index (χ4v) is 3.25. The van der Waals surface area contributed by atoms with Gasteiger partial charge in [-0.25, -0.2) is 0 Å². The van der Waals surface area contributed by atoms with Crippen LogP contribution < -0.4 is 10.6 Å². The van der Waals surface area contributed by atoms with Crippen molar-refractivity contribution in [2.24, 2.45) is 0 Å². The molecule has 0 aromatic carbocycles. The number of nitrogens with one attached hydrogen (secondary N) is 2. The zero-order valence-corrected chi connectivity index (χ0v) is 15.8. The minimum atomic E-state index is -1.23. The first-order valence-corrected chi connectivity index (χ1v) is 9.73. The van der Waals surface area contributed by atoms with Gasteiger partial charge < -0.3 is 36.2 Å². The number of rotatable bonds is 10. The van der Waals surface area contributed by atoms with Crippen LogP contribution in [0.1, 0.15) is 58.8 Å². The lowest BCUT2D eigenvalue weighted by Gasteiger charge is -2.31. The van der Waals surface area contributed by atoms with E-state index < -0.39 is 42.6 Å². The number of carbonyl (C=O) groups is 1. The van der Waals surface area contributed by atoms with E-state index in [4.69, 9.17) is 0 Å². The predicted molar refractivity (Wildman–Crippen MR) is 97.4 cm³/mol. The Labute approximate surface area is 155 Å². The normalized spacial score (nSPS) is 30.3.